The molecule has 0 saturated heterocycles. The highest BCUT2D eigenvalue weighted by Gasteiger charge is 2.22. The molecule has 0 aliphatic rings. The second kappa shape index (κ2) is 9.65. The fourth-order valence-electron chi connectivity index (χ4n) is 2.57. The van der Waals surface area contributed by atoms with E-state index >= 15 is 0 Å². The Morgan fingerprint density at radius 2 is 1.80 bits per heavy atom. The topological polar surface area (TPSA) is 75.7 Å². The van der Waals surface area contributed by atoms with Crippen molar-refractivity contribution in [3.8, 4) is 5.75 Å². The fraction of sp³-hybridized carbons (Fsp3) is 0.611. The van der Waals surface area contributed by atoms with Crippen LogP contribution in [0.3, 0.4) is 0 Å². The predicted octanol–water partition coefficient (Wildman–Crippen LogP) is 2.79. The number of benzene rings is 1. The molecule has 0 aliphatic heterocycles. The standard InChI is InChI=1S/C18H30N2O4S/c1-6-15(7-2)18(21)19-12-13-20(25(5,22)23)16-10-8-9-11-17(16)24-14(3)4/h8-11,14-15H,6-7,12-13H2,1-5H3,(H,19,21). The van der Waals surface area contributed by atoms with Gasteiger partial charge in [-0.25, -0.2) is 8.42 Å². The summed E-state index contributed by atoms with van der Waals surface area (Å²) in [7, 11) is -3.50. The lowest BCUT2D eigenvalue weighted by atomic mass is 10.0. The van der Waals surface area contributed by atoms with Crippen LogP contribution in [0.4, 0.5) is 5.69 Å². The van der Waals surface area contributed by atoms with Gasteiger partial charge in [-0.15, -0.1) is 0 Å². The van der Waals surface area contributed by atoms with E-state index in [1.54, 1.807) is 24.3 Å². The zero-order valence-electron chi connectivity index (χ0n) is 15.8. The van der Waals surface area contributed by atoms with Crippen molar-refractivity contribution in [1.82, 2.24) is 5.32 Å². The Balaban J connectivity index is 2.92. The van der Waals surface area contributed by atoms with Gasteiger partial charge in [-0.05, 0) is 38.8 Å². The minimum Gasteiger partial charge on any atom is -0.489 e. The maximum absolute atomic E-state index is 12.2. The summed E-state index contributed by atoms with van der Waals surface area (Å²) in [6, 6.07) is 7.03. The van der Waals surface area contributed by atoms with Gasteiger partial charge in [0, 0.05) is 12.5 Å². The maximum Gasteiger partial charge on any atom is 0.232 e. The molecule has 0 atom stereocenters. The van der Waals surface area contributed by atoms with Gasteiger partial charge >= 0.3 is 0 Å². The molecule has 1 aromatic rings. The molecule has 0 spiro atoms. The first kappa shape index (κ1) is 21.3. The number of carbonyl (C=O) groups excluding carboxylic acids is 1. The molecule has 25 heavy (non-hydrogen) atoms. The molecule has 6 nitrogen and oxygen atoms in total. The zero-order valence-corrected chi connectivity index (χ0v) is 16.6. The molecule has 1 amide bonds. The lowest BCUT2D eigenvalue weighted by molar-refractivity contribution is -0.125. The van der Waals surface area contributed by atoms with Crippen LogP contribution >= 0.6 is 0 Å². The van der Waals surface area contributed by atoms with Crippen molar-refractivity contribution >= 4 is 21.6 Å². The number of hydrogen-bond acceptors (Lipinski definition) is 4. The first-order valence-electron chi connectivity index (χ1n) is 8.71. The second-order valence-corrected chi connectivity index (χ2v) is 8.18. The number of nitrogens with zero attached hydrogens (tertiary/aromatic N) is 1. The van der Waals surface area contributed by atoms with Gasteiger partial charge in [0.05, 0.1) is 24.6 Å². The number of nitrogens with one attached hydrogen (secondary N) is 1. The van der Waals surface area contributed by atoms with E-state index in [-0.39, 0.29) is 31.0 Å². The van der Waals surface area contributed by atoms with Crippen LogP contribution in [-0.4, -0.2) is 39.8 Å². The molecule has 0 saturated carbocycles. The smallest absolute Gasteiger partial charge is 0.232 e. The van der Waals surface area contributed by atoms with Crippen LogP contribution in [0.5, 0.6) is 5.75 Å². The van der Waals surface area contributed by atoms with Gasteiger partial charge in [-0.2, -0.15) is 0 Å². The molecular formula is C18H30N2O4S. The number of carbonyl (C=O) groups is 1. The molecule has 0 fully saturated rings. The second-order valence-electron chi connectivity index (χ2n) is 6.27. The zero-order chi connectivity index (χ0) is 19.0. The van der Waals surface area contributed by atoms with Crippen LogP contribution in [-0.2, 0) is 14.8 Å². The first-order valence-corrected chi connectivity index (χ1v) is 10.6. The van der Waals surface area contributed by atoms with Crippen molar-refractivity contribution in [2.24, 2.45) is 5.92 Å². The van der Waals surface area contributed by atoms with E-state index in [0.717, 1.165) is 19.1 Å². The van der Waals surface area contributed by atoms with E-state index in [2.05, 4.69) is 5.32 Å². The molecule has 0 aromatic heterocycles. The number of anilines is 1. The summed E-state index contributed by atoms with van der Waals surface area (Å²) in [6.45, 7) is 8.11. The van der Waals surface area contributed by atoms with Crippen LogP contribution < -0.4 is 14.4 Å². The summed E-state index contributed by atoms with van der Waals surface area (Å²) in [5.74, 6) is 0.433. The normalized spacial score (nSPS) is 11.6. The van der Waals surface area contributed by atoms with Crippen LogP contribution in [0, 0.1) is 5.92 Å². The lowest BCUT2D eigenvalue weighted by Gasteiger charge is -2.26. The monoisotopic (exact) mass is 370 g/mol. The largest absolute Gasteiger partial charge is 0.489 e. The van der Waals surface area contributed by atoms with Gasteiger partial charge in [0.2, 0.25) is 15.9 Å². The number of hydrogen-bond donors (Lipinski definition) is 1. The molecule has 1 rings (SSSR count). The third kappa shape index (κ3) is 6.57. The summed E-state index contributed by atoms with van der Waals surface area (Å²) < 4.78 is 31.5. The SMILES string of the molecule is CCC(CC)C(=O)NCCN(c1ccccc1OC(C)C)S(C)(=O)=O. The van der Waals surface area contributed by atoms with Crippen LogP contribution in [0.2, 0.25) is 0 Å². The highest BCUT2D eigenvalue weighted by molar-refractivity contribution is 7.92. The van der Waals surface area contributed by atoms with Crippen molar-refractivity contribution in [1.29, 1.82) is 0 Å². The Morgan fingerprint density at radius 1 is 1.20 bits per heavy atom. The van der Waals surface area contributed by atoms with Gasteiger partial charge in [0.15, 0.2) is 0 Å². The van der Waals surface area contributed by atoms with Gasteiger partial charge in [-0.1, -0.05) is 26.0 Å². The van der Waals surface area contributed by atoms with Crippen molar-refractivity contribution in [3.05, 3.63) is 24.3 Å². The number of ether oxygens (including phenoxy) is 1. The average Bonchev–Trinajstić information content (AvgIpc) is 2.52. The third-order valence-corrected chi connectivity index (χ3v) is 5.05. The van der Waals surface area contributed by atoms with E-state index in [1.807, 2.05) is 27.7 Å². The van der Waals surface area contributed by atoms with E-state index in [4.69, 9.17) is 4.74 Å². The van der Waals surface area contributed by atoms with Crippen LogP contribution in [0.25, 0.3) is 0 Å². The van der Waals surface area contributed by atoms with Crippen molar-refractivity contribution in [2.75, 3.05) is 23.7 Å². The molecule has 0 radical (unpaired) electrons. The van der Waals surface area contributed by atoms with E-state index < -0.39 is 10.0 Å². The van der Waals surface area contributed by atoms with Gasteiger partial charge in [0.25, 0.3) is 0 Å². The molecule has 0 aliphatic carbocycles. The summed E-state index contributed by atoms with van der Waals surface area (Å²) in [5, 5.41) is 2.83. The van der Waals surface area contributed by atoms with Crippen LogP contribution in [0.15, 0.2) is 24.3 Å². The predicted molar refractivity (Wildman–Crippen MR) is 101 cm³/mol. The Kier molecular flexibility index (Phi) is 8.22. The van der Waals surface area contributed by atoms with E-state index in [0.29, 0.717) is 11.4 Å². The fourth-order valence-corrected chi connectivity index (χ4v) is 3.50. The van der Waals surface area contributed by atoms with Crippen molar-refractivity contribution < 1.29 is 17.9 Å². The van der Waals surface area contributed by atoms with Crippen LogP contribution in [0.1, 0.15) is 40.5 Å². The Hall–Kier alpha value is -1.76. The number of amides is 1. The van der Waals surface area contributed by atoms with Gasteiger partial charge in [0.1, 0.15) is 5.75 Å². The Bertz CT molecular complexity index is 655. The van der Waals surface area contributed by atoms with Gasteiger partial charge in [-0.3, -0.25) is 9.10 Å². The summed E-state index contributed by atoms with van der Waals surface area (Å²) in [6.07, 6.45) is 2.62. The molecule has 0 heterocycles. The molecule has 7 heteroatoms. The van der Waals surface area contributed by atoms with Gasteiger partial charge < -0.3 is 10.1 Å². The number of para-hydroxylation sites is 2. The minimum atomic E-state index is -3.50. The van der Waals surface area contributed by atoms with E-state index in [9.17, 15) is 13.2 Å². The van der Waals surface area contributed by atoms with Crippen molar-refractivity contribution in [2.45, 2.75) is 46.6 Å². The third-order valence-electron chi connectivity index (χ3n) is 3.87. The summed E-state index contributed by atoms with van der Waals surface area (Å²) >= 11 is 0. The minimum absolute atomic E-state index is 0.0369. The highest BCUT2D eigenvalue weighted by Crippen LogP contribution is 2.30. The summed E-state index contributed by atoms with van der Waals surface area (Å²) in [4.78, 5) is 12.1. The number of sulfonamides is 1. The highest BCUT2D eigenvalue weighted by atomic mass is 32.2. The Labute approximate surface area is 151 Å². The summed E-state index contributed by atoms with van der Waals surface area (Å²) in [5.41, 5.74) is 0.482. The molecule has 1 aromatic carbocycles. The quantitative estimate of drug-likeness (QED) is 0.687. The lowest BCUT2D eigenvalue weighted by Crippen LogP contribution is -2.40. The van der Waals surface area contributed by atoms with Crippen molar-refractivity contribution in [3.63, 3.8) is 0 Å². The number of rotatable bonds is 10. The Morgan fingerprint density at radius 3 is 2.32 bits per heavy atom. The molecular weight excluding hydrogens is 340 g/mol. The average molecular weight is 371 g/mol. The maximum atomic E-state index is 12.2. The van der Waals surface area contributed by atoms with E-state index in [1.165, 1.54) is 4.31 Å². The molecule has 0 unspecified atom stereocenters. The molecule has 1 N–H and O–H groups in total. The molecule has 142 valence electrons. The molecule has 0 bridgehead atoms. The first-order chi connectivity index (χ1) is 11.7.